The largest absolute Gasteiger partial charge is 0.330 e. The molecule has 0 radical (unpaired) electrons. The fraction of sp³-hybridized carbons (Fsp3) is 0.600. The lowest BCUT2D eigenvalue weighted by Gasteiger charge is -2.14. The molecule has 0 amide bonds. The monoisotopic (exact) mass is 275 g/mol. The number of hydrogen-bond acceptors (Lipinski definition) is 4. The van der Waals surface area contributed by atoms with E-state index in [0.717, 1.165) is 9.13 Å². The summed E-state index contributed by atoms with van der Waals surface area (Å²) < 4.78 is 28.4. The van der Waals surface area contributed by atoms with Crippen LogP contribution in [0.25, 0.3) is 0 Å². The second-order valence-electron chi connectivity index (χ2n) is 4.40. The molecule has 0 saturated carbocycles. The van der Waals surface area contributed by atoms with Crippen molar-refractivity contribution in [3.8, 4) is 0 Å². The van der Waals surface area contributed by atoms with E-state index in [1.807, 2.05) is 0 Å². The van der Waals surface area contributed by atoms with Gasteiger partial charge >= 0.3 is 5.69 Å². The van der Waals surface area contributed by atoms with Gasteiger partial charge in [-0.25, -0.2) is 17.9 Å². The molecule has 102 valence electrons. The summed E-state index contributed by atoms with van der Waals surface area (Å²) in [6.45, 7) is 4.73. The van der Waals surface area contributed by atoms with Crippen molar-refractivity contribution in [2.75, 3.05) is 0 Å². The quantitative estimate of drug-likeness (QED) is 0.772. The van der Waals surface area contributed by atoms with Crippen LogP contribution in [-0.4, -0.2) is 23.6 Å². The van der Waals surface area contributed by atoms with Gasteiger partial charge in [0.25, 0.3) is 5.56 Å². The number of aromatic nitrogens is 2. The minimum atomic E-state index is -3.93. The third-order valence-electron chi connectivity index (χ3n) is 2.56. The highest BCUT2D eigenvalue weighted by molar-refractivity contribution is 7.89. The van der Waals surface area contributed by atoms with E-state index in [2.05, 4.69) is 4.72 Å². The molecule has 1 aromatic heterocycles. The minimum Gasteiger partial charge on any atom is -0.300 e. The van der Waals surface area contributed by atoms with Gasteiger partial charge in [0, 0.05) is 25.8 Å². The summed E-state index contributed by atoms with van der Waals surface area (Å²) in [6, 6.07) is -0.337. The topological polar surface area (TPSA) is 90.2 Å². The highest BCUT2D eigenvalue weighted by Crippen LogP contribution is 2.07. The molecule has 0 bridgehead atoms. The summed E-state index contributed by atoms with van der Waals surface area (Å²) in [5.41, 5.74) is -1.25. The van der Waals surface area contributed by atoms with Crippen molar-refractivity contribution in [1.29, 1.82) is 0 Å². The Morgan fingerprint density at radius 1 is 1.11 bits per heavy atom. The molecule has 0 unspecified atom stereocenters. The third kappa shape index (κ3) is 2.39. The third-order valence-corrected chi connectivity index (χ3v) is 4.35. The maximum absolute atomic E-state index is 12.1. The molecule has 1 aromatic rings. The van der Waals surface area contributed by atoms with Gasteiger partial charge in [-0.1, -0.05) is 0 Å². The second kappa shape index (κ2) is 4.69. The number of sulfonamides is 1. The highest BCUT2D eigenvalue weighted by atomic mass is 32.2. The zero-order chi connectivity index (χ0) is 14.2. The first-order chi connectivity index (χ1) is 8.09. The fourth-order valence-electron chi connectivity index (χ4n) is 1.59. The van der Waals surface area contributed by atoms with Crippen molar-refractivity contribution in [2.24, 2.45) is 14.1 Å². The SMILES string of the molecule is Cc1c(S(=O)(=O)NC(C)C)c(=O)n(C)c(=O)n1C. The average molecular weight is 275 g/mol. The van der Waals surface area contributed by atoms with E-state index in [1.54, 1.807) is 13.8 Å². The predicted octanol–water partition coefficient (Wildman–Crippen LogP) is -0.921. The Morgan fingerprint density at radius 3 is 2.06 bits per heavy atom. The van der Waals surface area contributed by atoms with Crippen LogP contribution in [0.2, 0.25) is 0 Å². The van der Waals surface area contributed by atoms with Crippen LogP contribution in [0, 0.1) is 6.92 Å². The summed E-state index contributed by atoms with van der Waals surface area (Å²) in [5, 5.41) is 0. The molecule has 0 atom stereocenters. The van der Waals surface area contributed by atoms with Gasteiger partial charge in [-0.15, -0.1) is 0 Å². The van der Waals surface area contributed by atoms with Gasteiger partial charge in [-0.2, -0.15) is 0 Å². The lowest BCUT2D eigenvalue weighted by molar-refractivity contribution is 0.556. The van der Waals surface area contributed by atoms with Crippen molar-refractivity contribution >= 4 is 10.0 Å². The van der Waals surface area contributed by atoms with Crippen LogP contribution in [0.5, 0.6) is 0 Å². The van der Waals surface area contributed by atoms with E-state index < -0.39 is 21.3 Å². The van der Waals surface area contributed by atoms with Gasteiger partial charge < -0.3 is 0 Å². The maximum Gasteiger partial charge on any atom is 0.330 e. The first kappa shape index (κ1) is 14.7. The van der Waals surface area contributed by atoms with Gasteiger partial charge in [0.05, 0.1) is 0 Å². The van der Waals surface area contributed by atoms with Gasteiger partial charge in [0.2, 0.25) is 10.0 Å². The van der Waals surface area contributed by atoms with Gasteiger partial charge in [0.1, 0.15) is 0 Å². The molecule has 0 aliphatic heterocycles. The number of nitrogens with one attached hydrogen (secondary N) is 1. The van der Waals surface area contributed by atoms with E-state index in [0.29, 0.717) is 0 Å². The second-order valence-corrected chi connectivity index (χ2v) is 6.05. The molecule has 1 N–H and O–H groups in total. The Hall–Kier alpha value is -1.41. The van der Waals surface area contributed by atoms with Crippen LogP contribution in [0.1, 0.15) is 19.5 Å². The zero-order valence-corrected chi connectivity index (χ0v) is 11.8. The standard InChI is InChI=1S/C10H17N3O4S/c1-6(2)11-18(16,17)8-7(3)12(4)10(15)13(5)9(8)14/h6,11H,1-5H3. The predicted molar refractivity (Wildman–Crippen MR) is 67.1 cm³/mol. The molecule has 0 aliphatic carbocycles. The van der Waals surface area contributed by atoms with Crippen molar-refractivity contribution in [1.82, 2.24) is 13.9 Å². The van der Waals surface area contributed by atoms with Crippen molar-refractivity contribution in [3.05, 3.63) is 26.5 Å². The Bertz CT molecular complexity index is 682. The van der Waals surface area contributed by atoms with Crippen LogP contribution in [0.3, 0.4) is 0 Å². The number of hydrogen-bond donors (Lipinski definition) is 1. The summed E-state index contributed by atoms with van der Waals surface area (Å²) in [5.74, 6) is 0. The van der Waals surface area contributed by atoms with Crippen molar-refractivity contribution in [2.45, 2.75) is 31.7 Å². The zero-order valence-electron chi connectivity index (χ0n) is 11.0. The normalized spacial score (nSPS) is 12.1. The van der Waals surface area contributed by atoms with Crippen molar-refractivity contribution < 1.29 is 8.42 Å². The van der Waals surface area contributed by atoms with Crippen LogP contribution in [-0.2, 0) is 24.1 Å². The molecular formula is C10H17N3O4S. The Kier molecular flexibility index (Phi) is 3.82. The molecule has 1 rings (SSSR count). The molecule has 18 heavy (non-hydrogen) atoms. The molecule has 7 nitrogen and oxygen atoms in total. The summed E-state index contributed by atoms with van der Waals surface area (Å²) in [4.78, 5) is 23.2. The van der Waals surface area contributed by atoms with E-state index in [-0.39, 0.29) is 16.6 Å². The maximum atomic E-state index is 12.1. The highest BCUT2D eigenvalue weighted by Gasteiger charge is 2.25. The molecule has 0 spiro atoms. The lowest BCUT2D eigenvalue weighted by atomic mass is 10.4. The van der Waals surface area contributed by atoms with Crippen LogP contribution in [0.4, 0.5) is 0 Å². The average Bonchev–Trinajstić information content (AvgIpc) is 2.21. The summed E-state index contributed by atoms with van der Waals surface area (Å²) in [6.07, 6.45) is 0. The summed E-state index contributed by atoms with van der Waals surface area (Å²) in [7, 11) is -1.26. The van der Waals surface area contributed by atoms with Crippen LogP contribution in [0.15, 0.2) is 14.5 Å². The van der Waals surface area contributed by atoms with Gasteiger partial charge in [-0.3, -0.25) is 13.9 Å². The van der Waals surface area contributed by atoms with Crippen LogP contribution < -0.4 is 16.0 Å². The number of rotatable bonds is 3. The van der Waals surface area contributed by atoms with E-state index in [4.69, 9.17) is 0 Å². The Balaban J connectivity index is 3.73. The first-order valence-corrected chi connectivity index (χ1v) is 6.87. The minimum absolute atomic E-state index is 0.122. The fourth-order valence-corrected chi connectivity index (χ4v) is 3.22. The smallest absolute Gasteiger partial charge is 0.300 e. The van der Waals surface area contributed by atoms with Gasteiger partial charge in [-0.05, 0) is 20.8 Å². The Labute approximate surface area is 105 Å². The Morgan fingerprint density at radius 2 is 1.61 bits per heavy atom. The summed E-state index contributed by atoms with van der Waals surface area (Å²) >= 11 is 0. The molecule has 0 aromatic carbocycles. The van der Waals surface area contributed by atoms with Gasteiger partial charge in [0.15, 0.2) is 4.90 Å². The van der Waals surface area contributed by atoms with E-state index in [1.165, 1.54) is 21.0 Å². The lowest BCUT2D eigenvalue weighted by Crippen LogP contribution is -2.44. The molecule has 1 heterocycles. The van der Waals surface area contributed by atoms with Crippen molar-refractivity contribution in [3.63, 3.8) is 0 Å². The molecule has 0 fully saturated rings. The van der Waals surface area contributed by atoms with Crippen LogP contribution >= 0.6 is 0 Å². The first-order valence-electron chi connectivity index (χ1n) is 5.38. The molecule has 8 heteroatoms. The van der Waals surface area contributed by atoms with E-state index in [9.17, 15) is 18.0 Å². The molecule has 0 aliphatic rings. The molecule has 0 saturated heterocycles. The number of nitrogens with zero attached hydrogens (tertiary/aromatic N) is 2. The molecular weight excluding hydrogens is 258 g/mol. The van der Waals surface area contributed by atoms with E-state index >= 15 is 0 Å².